The molecule has 2 aromatic rings. The molecule has 1 heterocycles. The normalized spacial score (nSPS) is 10.3. The van der Waals surface area contributed by atoms with Gasteiger partial charge in [0.2, 0.25) is 0 Å². The number of thiophene rings is 1. The SMILES string of the molecule is CN(CCc1cccs1)c1ccc(N)cc1. The number of benzene rings is 1. The number of rotatable bonds is 4. The van der Waals surface area contributed by atoms with Gasteiger partial charge in [-0.25, -0.2) is 0 Å². The van der Waals surface area contributed by atoms with Crippen molar-refractivity contribution in [3.8, 4) is 0 Å². The molecule has 84 valence electrons. The molecule has 0 bridgehead atoms. The number of nitrogens with zero attached hydrogens (tertiary/aromatic N) is 1. The molecule has 0 unspecified atom stereocenters. The van der Waals surface area contributed by atoms with Crippen LogP contribution in [0.2, 0.25) is 0 Å². The highest BCUT2D eigenvalue weighted by atomic mass is 32.1. The third-order valence-corrected chi connectivity index (χ3v) is 3.54. The minimum Gasteiger partial charge on any atom is -0.399 e. The molecule has 2 nitrogen and oxygen atoms in total. The smallest absolute Gasteiger partial charge is 0.0365 e. The molecule has 0 amide bonds. The van der Waals surface area contributed by atoms with Crippen LogP contribution in [0.3, 0.4) is 0 Å². The summed E-state index contributed by atoms with van der Waals surface area (Å²) < 4.78 is 0. The Labute approximate surface area is 100 Å². The third kappa shape index (κ3) is 2.76. The average molecular weight is 232 g/mol. The highest BCUT2D eigenvalue weighted by Crippen LogP contribution is 2.16. The lowest BCUT2D eigenvalue weighted by Crippen LogP contribution is -2.19. The lowest BCUT2D eigenvalue weighted by molar-refractivity contribution is 0.888. The first-order chi connectivity index (χ1) is 7.75. The fraction of sp³-hybridized carbons (Fsp3) is 0.231. The van der Waals surface area contributed by atoms with Gasteiger partial charge >= 0.3 is 0 Å². The lowest BCUT2D eigenvalue weighted by Gasteiger charge is -2.18. The molecule has 0 aliphatic carbocycles. The van der Waals surface area contributed by atoms with Gasteiger partial charge in [0.25, 0.3) is 0 Å². The van der Waals surface area contributed by atoms with Gasteiger partial charge in [0.15, 0.2) is 0 Å². The second kappa shape index (κ2) is 5.03. The second-order valence-corrected chi connectivity index (χ2v) is 4.87. The minimum atomic E-state index is 0.815. The first kappa shape index (κ1) is 11.0. The zero-order valence-corrected chi connectivity index (χ0v) is 10.2. The molecule has 2 N–H and O–H groups in total. The summed E-state index contributed by atoms with van der Waals surface area (Å²) in [6, 6.07) is 12.3. The van der Waals surface area contributed by atoms with Gasteiger partial charge in [-0.1, -0.05) is 6.07 Å². The van der Waals surface area contributed by atoms with E-state index in [1.165, 1.54) is 10.6 Å². The van der Waals surface area contributed by atoms with Gasteiger partial charge in [-0.2, -0.15) is 0 Å². The van der Waals surface area contributed by atoms with Crippen LogP contribution in [0, 0.1) is 0 Å². The zero-order chi connectivity index (χ0) is 11.4. The Hall–Kier alpha value is -1.48. The molecule has 1 aromatic heterocycles. The van der Waals surface area contributed by atoms with Crippen LogP contribution in [-0.4, -0.2) is 13.6 Å². The van der Waals surface area contributed by atoms with E-state index in [2.05, 4.69) is 41.6 Å². The first-order valence-electron chi connectivity index (χ1n) is 5.35. The Morgan fingerprint density at radius 3 is 2.56 bits per heavy atom. The summed E-state index contributed by atoms with van der Waals surface area (Å²) >= 11 is 1.82. The molecule has 0 fully saturated rings. The molecule has 0 spiro atoms. The van der Waals surface area contributed by atoms with Gasteiger partial charge in [0, 0.05) is 29.8 Å². The van der Waals surface area contributed by atoms with Crippen LogP contribution < -0.4 is 10.6 Å². The molecule has 16 heavy (non-hydrogen) atoms. The molecule has 0 aliphatic heterocycles. The molecule has 0 atom stereocenters. The van der Waals surface area contributed by atoms with Crippen LogP contribution in [0.15, 0.2) is 41.8 Å². The van der Waals surface area contributed by atoms with Crippen LogP contribution in [0.4, 0.5) is 11.4 Å². The standard InChI is InChI=1S/C13H16N2S/c1-15(9-8-13-3-2-10-16-13)12-6-4-11(14)5-7-12/h2-7,10H,8-9,14H2,1H3. The van der Waals surface area contributed by atoms with Gasteiger partial charge in [-0.05, 0) is 42.1 Å². The van der Waals surface area contributed by atoms with E-state index >= 15 is 0 Å². The van der Waals surface area contributed by atoms with E-state index in [0.29, 0.717) is 0 Å². The van der Waals surface area contributed by atoms with Gasteiger partial charge in [0.05, 0.1) is 0 Å². The predicted octanol–water partition coefficient (Wildman–Crippen LogP) is 3.01. The number of hydrogen-bond acceptors (Lipinski definition) is 3. The molecule has 0 saturated heterocycles. The minimum absolute atomic E-state index is 0.815. The van der Waals surface area contributed by atoms with Crippen molar-refractivity contribution in [1.82, 2.24) is 0 Å². The van der Waals surface area contributed by atoms with Crippen LogP contribution in [0.25, 0.3) is 0 Å². The Bertz CT molecular complexity index is 420. The topological polar surface area (TPSA) is 29.3 Å². The van der Waals surface area contributed by atoms with Crippen molar-refractivity contribution in [2.75, 3.05) is 24.2 Å². The van der Waals surface area contributed by atoms with Crippen molar-refractivity contribution >= 4 is 22.7 Å². The summed E-state index contributed by atoms with van der Waals surface area (Å²) in [7, 11) is 2.11. The van der Waals surface area contributed by atoms with Crippen molar-refractivity contribution < 1.29 is 0 Å². The Morgan fingerprint density at radius 2 is 1.94 bits per heavy atom. The Kier molecular flexibility index (Phi) is 3.47. The van der Waals surface area contributed by atoms with Crippen molar-refractivity contribution in [3.63, 3.8) is 0 Å². The Balaban J connectivity index is 1.93. The van der Waals surface area contributed by atoms with Gasteiger partial charge < -0.3 is 10.6 Å². The third-order valence-electron chi connectivity index (χ3n) is 2.61. The fourth-order valence-corrected chi connectivity index (χ4v) is 2.29. The van der Waals surface area contributed by atoms with Gasteiger partial charge in [-0.3, -0.25) is 0 Å². The molecular weight excluding hydrogens is 216 g/mol. The molecule has 3 heteroatoms. The van der Waals surface area contributed by atoms with Crippen LogP contribution >= 0.6 is 11.3 Å². The number of nitrogen functional groups attached to an aromatic ring is 1. The molecule has 1 aromatic carbocycles. The van der Waals surface area contributed by atoms with Crippen molar-refractivity contribution in [2.45, 2.75) is 6.42 Å². The number of hydrogen-bond donors (Lipinski definition) is 1. The molecule has 2 rings (SSSR count). The summed E-state index contributed by atoms with van der Waals surface area (Å²) in [6.45, 7) is 1.03. The van der Waals surface area contributed by atoms with Crippen LogP contribution in [0.5, 0.6) is 0 Å². The van der Waals surface area contributed by atoms with Gasteiger partial charge in [-0.15, -0.1) is 11.3 Å². The maximum absolute atomic E-state index is 5.66. The van der Waals surface area contributed by atoms with Crippen molar-refractivity contribution in [1.29, 1.82) is 0 Å². The molecule has 0 saturated carbocycles. The quantitative estimate of drug-likeness (QED) is 0.821. The fourth-order valence-electron chi connectivity index (χ4n) is 1.59. The van der Waals surface area contributed by atoms with Crippen LogP contribution in [0.1, 0.15) is 4.88 Å². The maximum atomic E-state index is 5.66. The Morgan fingerprint density at radius 1 is 1.19 bits per heavy atom. The highest BCUT2D eigenvalue weighted by molar-refractivity contribution is 7.09. The second-order valence-electron chi connectivity index (χ2n) is 3.84. The van der Waals surface area contributed by atoms with E-state index in [9.17, 15) is 0 Å². The van der Waals surface area contributed by atoms with E-state index in [1.807, 2.05) is 23.5 Å². The predicted molar refractivity (Wildman–Crippen MR) is 72.1 cm³/mol. The molecule has 0 aliphatic rings. The van der Waals surface area contributed by atoms with E-state index in [0.717, 1.165) is 18.7 Å². The number of likely N-dealkylation sites (N-methyl/N-ethyl adjacent to an activating group) is 1. The van der Waals surface area contributed by atoms with Crippen molar-refractivity contribution in [2.24, 2.45) is 0 Å². The summed E-state index contributed by atoms with van der Waals surface area (Å²) in [5.74, 6) is 0. The summed E-state index contributed by atoms with van der Waals surface area (Å²) in [6.07, 6.45) is 1.10. The van der Waals surface area contributed by atoms with E-state index in [1.54, 1.807) is 0 Å². The summed E-state index contributed by atoms with van der Waals surface area (Å²) in [5.41, 5.74) is 7.69. The first-order valence-corrected chi connectivity index (χ1v) is 6.23. The zero-order valence-electron chi connectivity index (χ0n) is 9.39. The highest BCUT2D eigenvalue weighted by Gasteiger charge is 2.01. The van der Waals surface area contributed by atoms with Crippen molar-refractivity contribution in [3.05, 3.63) is 46.7 Å². The number of nitrogens with two attached hydrogens (primary N) is 1. The summed E-state index contributed by atoms with van der Waals surface area (Å²) in [4.78, 5) is 3.68. The largest absolute Gasteiger partial charge is 0.399 e. The average Bonchev–Trinajstić information content (AvgIpc) is 2.80. The van der Waals surface area contributed by atoms with E-state index in [-0.39, 0.29) is 0 Å². The van der Waals surface area contributed by atoms with E-state index < -0.39 is 0 Å². The van der Waals surface area contributed by atoms with E-state index in [4.69, 9.17) is 5.73 Å². The maximum Gasteiger partial charge on any atom is 0.0365 e. The number of anilines is 2. The summed E-state index contributed by atoms with van der Waals surface area (Å²) in [5, 5.41) is 2.12. The van der Waals surface area contributed by atoms with Crippen LogP contribution in [-0.2, 0) is 6.42 Å². The molecular formula is C13H16N2S. The molecule has 0 radical (unpaired) electrons. The monoisotopic (exact) mass is 232 g/mol. The van der Waals surface area contributed by atoms with Gasteiger partial charge in [0.1, 0.15) is 0 Å². The lowest BCUT2D eigenvalue weighted by atomic mass is 10.2.